The van der Waals surface area contributed by atoms with Crippen molar-refractivity contribution in [2.24, 2.45) is 5.92 Å². The highest BCUT2D eigenvalue weighted by atomic mass is 16.5. The maximum atomic E-state index is 11.9. The molecule has 1 aromatic rings. The number of urea groups is 1. The third-order valence-electron chi connectivity index (χ3n) is 3.40. The molecule has 1 rings (SSSR count). The summed E-state index contributed by atoms with van der Waals surface area (Å²) in [6, 6.07) is -0.360. The summed E-state index contributed by atoms with van der Waals surface area (Å²) >= 11 is 0. The van der Waals surface area contributed by atoms with Crippen LogP contribution < -0.4 is 10.6 Å². The number of aryl methyl sites for hydroxylation is 2. The Morgan fingerprint density at radius 3 is 2.71 bits per heavy atom. The number of anilines is 1. The van der Waals surface area contributed by atoms with E-state index in [-0.39, 0.29) is 12.6 Å². The van der Waals surface area contributed by atoms with Crippen LogP contribution in [0.3, 0.4) is 0 Å². The Morgan fingerprint density at radius 2 is 2.14 bits per heavy atom. The van der Waals surface area contributed by atoms with Crippen molar-refractivity contribution in [3.63, 3.8) is 0 Å². The molecule has 2 amide bonds. The van der Waals surface area contributed by atoms with Crippen LogP contribution in [0.25, 0.3) is 0 Å². The zero-order chi connectivity index (χ0) is 16.0. The van der Waals surface area contributed by atoms with Gasteiger partial charge in [-0.2, -0.15) is 0 Å². The van der Waals surface area contributed by atoms with Gasteiger partial charge in [-0.3, -0.25) is 0 Å². The predicted octanol–water partition coefficient (Wildman–Crippen LogP) is 2.85. The minimum absolute atomic E-state index is 0.206. The lowest BCUT2D eigenvalue weighted by molar-refractivity contribution is 0.0481. The van der Waals surface area contributed by atoms with Crippen LogP contribution in [0.4, 0.5) is 10.5 Å². The topological polar surface area (TPSA) is 87.4 Å². The summed E-state index contributed by atoms with van der Waals surface area (Å²) in [5, 5.41) is 19.5. The standard InChI is InChI=1S/C15H27N3O3/c1-6-12-13(11(4)21-18-12)17-14(19)16-9-15(5,20)8-7-10(2)3/h10,20H,6-9H2,1-5H3,(H2,16,17,19). The van der Waals surface area contributed by atoms with Crippen molar-refractivity contribution in [1.29, 1.82) is 0 Å². The van der Waals surface area contributed by atoms with Crippen molar-refractivity contribution in [1.82, 2.24) is 10.5 Å². The number of amides is 2. The SMILES string of the molecule is CCc1noc(C)c1NC(=O)NCC(C)(O)CCC(C)C. The molecule has 0 aliphatic rings. The fraction of sp³-hybridized carbons (Fsp3) is 0.733. The first-order valence-corrected chi connectivity index (χ1v) is 7.47. The van der Waals surface area contributed by atoms with Crippen LogP contribution >= 0.6 is 0 Å². The maximum Gasteiger partial charge on any atom is 0.319 e. The highest BCUT2D eigenvalue weighted by Gasteiger charge is 2.22. The van der Waals surface area contributed by atoms with Crippen molar-refractivity contribution < 1.29 is 14.4 Å². The average molecular weight is 297 g/mol. The summed E-state index contributed by atoms with van der Waals surface area (Å²) < 4.78 is 5.06. The van der Waals surface area contributed by atoms with E-state index >= 15 is 0 Å². The van der Waals surface area contributed by atoms with Gasteiger partial charge in [-0.05, 0) is 39.0 Å². The molecule has 0 radical (unpaired) electrons. The van der Waals surface area contributed by atoms with E-state index in [2.05, 4.69) is 29.6 Å². The second kappa shape index (κ2) is 7.45. The van der Waals surface area contributed by atoms with Gasteiger partial charge in [0.05, 0.1) is 5.60 Å². The third-order valence-corrected chi connectivity index (χ3v) is 3.40. The first kappa shape index (κ1) is 17.5. The fourth-order valence-electron chi connectivity index (χ4n) is 1.94. The van der Waals surface area contributed by atoms with Crippen molar-refractivity contribution in [2.45, 2.75) is 59.5 Å². The molecule has 0 aliphatic heterocycles. The molecule has 21 heavy (non-hydrogen) atoms. The van der Waals surface area contributed by atoms with Gasteiger partial charge in [0.1, 0.15) is 11.4 Å². The van der Waals surface area contributed by atoms with Crippen LogP contribution in [-0.4, -0.2) is 28.4 Å². The van der Waals surface area contributed by atoms with Gasteiger partial charge in [-0.25, -0.2) is 4.79 Å². The molecule has 1 heterocycles. The summed E-state index contributed by atoms with van der Waals surface area (Å²) in [5.41, 5.74) is 0.421. The minimum atomic E-state index is -0.904. The molecule has 1 aromatic heterocycles. The number of aliphatic hydroxyl groups is 1. The van der Waals surface area contributed by atoms with E-state index in [1.807, 2.05) is 6.92 Å². The van der Waals surface area contributed by atoms with Gasteiger partial charge in [0.25, 0.3) is 0 Å². The Balaban J connectivity index is 2.48. The number of rotatable bonds is 7. The molecule has 1 unspecified atom stereocenters. The number of nitrogens with zero attached hydrogens (tertiary/aromatic N) is 1. The van der Waals surface area contributed by atoms with Crippen LogP contribution in [0.2, 0.25) is 0 Å². The average Bonchev–Trinajstić information content (AvgIpc) is 2.75. The Kier molecular flexibility index (Phi) is 6.20. The number of carbonyl (C=O) groups excluding carboxylic acids is 1. The van der Waals surface area contributed by atoms with E-state index in [1.165, 1.54) is 0 Å². The lowest BCUT2D eigenvalue weighted by atomic mass is 9.95. The van der Waals surface area contributed by atoms with E-state index in [1.54, 1.807) is 13.8 Å². The molecule has 3 N–H and O–H groups in total. The molecule has 1 atom stereocenters. The summed E-state index contributed by atoms with van der Waals surface area (Å²) in [5.74, 6) is 1.10. The summed E-state index contributed by atoms with van der Waals surface area (Å²) in [6.45, 7) is 9.85. The predicted molar refractivity (Wildman–Crippen MR) is 82.3 cm³/mol. The Labute approximate surface area is 126 Å². The number of hydrogen-bond acceptors (Lipinski definition) is 4. The molecule has 0 aliphatic carbocycles. The smallest absolute Gasteiger partial charge is 0.319 e. The summed E-state index contributed by atoms with van der Waals surface area (Å²) in [4.78, 5) is 11.9. The molecule has 0 saturated heterocycles. The minimum Gasteiger partial charge on any atom is -0.388 e. The van der Waals surface area contributed by atoms with Gasteiger partial charge in [0.2, 0.25) is 0 Å². The summed E-state index contributed by atoms with van der Waals surface area (Å²) in [6.07, 6.45) is 2.25. The number of aromatic nitrogens is 1. The van der Waals surface area contributed by atoms with E-state index in [9.17, 15) is 9.90 Å². The van der Waals surface area contributed by atoms with Crippen molar-refractivity contribution >= 4 is 11.7 Å². The second-order valence-corrected chi connectivity index (χ2v) is 6.15. The van der Waals surface area contributed by atoms with Gasteiger partial charge in [0.15, 0.2) is 5.76 Å². The van der Waals surface area contributed by atoms with Crippen LogP contribution in [0.1, 0.15) is 52.0 Å². The largest absolute Gasteiger partial charge is 0.388 e. The summed E-state index contributed by atoms with van der Waals surface area (Å²) in [7, 11) is 0. The van der Waals surface area contributed by atoms with Gasteiger partial charge < -0.3 is 20.3 Å². The molecule has 120 valence electrons. The third kappa shape index (κ3) is 5.75. The highest BCUT2D eigenvalue weighted by Crippen LogP contribution is 2.20. The van der Waals surface area contributed by atoms with E-state index in [0.717, 1.165) is 6.42 Å². The highest BCUT2D eigenvalue weighted by molar-refractivity contribution is 5.90. The monoisotopic (exact) mass is 297 g/mol. The fourth-order valence-corrected chi connectivity index (χ4v) is 1.94. The van der Waals surface area contributed by atoms with E-state index in [4.69, 9.17) is 4.52 Å². The molecule has 6 heteroatoms. The Morgan fingerprint density at radius 1 is 1.48 bits per heavy atom. The molecular weight excluding hydrogens is 270 g/mol. The number of carbonyl (C=O) groups is 1. The Hall–Kier alpha value is -1.56. The Bertz CT molecular complexity index is 467. The van der Waals surface area contributed by atoms with Crippen LogP contribution in [0.15, 0.2) is 4.52 Å². The normalized spacial score (nSPS) is 14.0. The van der Waals surface area contributed by atoms with Gasteiger partial charge in [-0.1, -0.05) is 25.9 Å². The number of nitrogens with one attached hydrogen (secondary N) is 2. The van der Waals surface area contributed by atoms with Crippen molar-refractivity contribution in [2.75, 3.05) is 11.9 Å². The molecule has 0 spiro atoms. The van der Waals surface area contributed by atoms with Crippen LogP contribution in [-0.2, 0) is 6.42 Å². The molecule has 6 nitrogen and oxygen atoms in total. The lowest BCUT2D eigenvalue weighted by Crippen LogP contribution is -2.42. The first-order chi connectivity index (χ1) is 9.75. The zero-order valence-corrected chi connectivity index (χ0v) is 13.6. The molecular formula is C15H27N3O3. The molecule has 0 aromatic carbocycles. The number of hydrogen-bond donors (Lipinski definition) is 3. The quantitative estimate of drug-likeness (QED) is 0.722. The first-order valence-electron chi connectivity index (χ1n) is 7.47. The van der Waals surface area contributed by atoms with Crippen LogP contribution in [0.5, 0.6) is 0 Å². The van der Waals surface area contributed by atoms with Gasteiger partial charge >= 0.3 is 6.03 Å². The zero-order valence-electron chi connectivity index (χ0n) is 13.6. The van der Waals surface area contributed by atoms with Gasteiger partial charge in [-0.15, -0.1) is 0 Å². The van der Waals surface area contributed by atoms with Gasteiger partial charge in [0, 0.05) is 6.54 Å². The van der Waals surface area contributed by atoms with Crippen molar-refractivity contribution in [3.05, 3.63) is 11.5 Å². The van der Waals surface area contributed by atoms with Crippen LogP contribution in [0, 0.1) is 12.8 Å². The van der Waals surface area contributed by atoms with E-state index < -0.39 is 5.60 Å². The van der Waals surface area contributed by atoms with E-state index in [0.29, 0.717) is 35.9 Å². The second-order valence-electron chi connectivity index (χ2n) is 6.15. The molecule has 0 bridgehead atoms. The molecule has 0 saturated carbocycles. The maximum absolute atomic E-state index is 11.9. The lowest BCUT2D eigenvalue weighted by Gasteiger charge is -2.24. The molecule has 0 fully saturated rings. The van der Waals surface area contributed by atoms with Crippen molar-refractivity contribution in [3.8, 4) is 0 Å².